The Hall–Kier alpha value is -3.77. The second-order valence-electron chi connectivity index (χ2n) is 6.62. The van der Waals surface area contributed by atoms with E-state index in [0.29, 0.717) is 36.5 Å². The number of nitrogens with zero attached hydrogens (tertiary/aromatic N) is 3. The van der Waals surface area contributed by atoms with Gasteiger partial charge in [0.25, 0.3) is 0 Å². The van der Waals surface area contributed by atoms with Crippen LogP contribution in [0.15, 0.2) is 60.2 Å². The van der Waals surface area contributed by atoms with Crippen molar-refractivity contribution in [2.24, 2.45) is 0 Å². The normalized spacial score (nSPS) is 21.5. The van der Waals surface area contributed by atoms with Gasteiger partial charge < -0.3 is 9.47 Å². The van der Waals surface area contributed by atoms with Gasteiger partial charge in [0.05, 0.1) is 29.8 Å². The lowest BCUT2D eigenvalue weighted by Crippen LogP contribution is -2.41. The van der Waals surface area contributed by atoms with Gasteiger partial charge in [-0.25, -0.2) is 4.79 Å². The van der Waals surface area contributed by atoms with Crippen LogP contribution in [0.1, 0.15) is 29.0 Å². The summed E-state index contributed by atoms with van der Waals surface area (Å²) in [5.74, 6) is 0.230. The first kappa shape index (κ1) is 17.6. The maximum Gasteiger partial charge on any atom is 0.412 e. The Kier molecular flexibility index (Phi) is 4.70. The summed E-state index contributed by atoms with van der Waals surface area (Å²) in [6, 6.07) is 21.0. The third kappa shape index (κ3) is 3.17. The van der Waals surface area contributed by atoms with Gasteiger partial charge in [-0.05, 0) is 17.7 Å². The number of carbonyl (C=O) groups is 1. The zero-order valence-corrected chi connectivity index (χ0v) is 15.0. The van der Waals surface area contributed by atoms with E-state index in [0.717, 1.165) is 11.1 Å². The number of rotatable bonds is 3. The summed E-state index contributed by atoms with van der Waals surface area (Å²) in [6.07, 6.45) is -0.486. The largest absolute Gasteiger partial charge is 0.469 e. The van der Waals surface area contributed by atoms with Crippen molar-refractivity contribution in [2.75, 3.05) is 13.2 Å². The van der Waals surface area contributed by atoms with Crippen molar-refractivity contribution < 1.29 is 14.3 Å². The first-order chi connectivity index (χ1) is 13.7. The molecular formula is C22H17N3O3. The van der Waals surface area contributed by atoms with Crippen LogP contribution < -0.4 is 0 Å². The van der Waals surface area contributed by atoms with E-state index in [1.807, 2.05) is 42.5 Å². The minimum atomic E-state index is -0.525. The topological polar surface area (TPSA) is 86.3 Å². The summed E-state index contributed by atoms with van der Waals surface area (Å²) in [5, 5.41) is 19.0. The molecule has 2 aromatic carbocycles. The van der Waals surface area contributed by atoms with Gasteiger partial charge in [0.15, 0.2) is 6.23 Å². The number of amides is 1. The van der Waals surface area contributed by atoms with E-state index in [2.05, 4.69) is 12.1 Å². The van der Waals surface area contributed by atoms with Gasteiger partial charge in [0.2, 0.25) is 0 Å². The van der Waals surface area contributed by atoms with Crippen LogP contribution in [-0.2, 0) is 9.47 Å². The van der Waals surface area contributed by atoms with Gasteiger partial charge in [0, 0.05) is 17.9 Å². The predicted octanol–water partition coefficient (Wildman–Crippen LogP) is 3.78. The number of cyclic esters (lactones) is 1. The van der Waals surface area contributed by atoms with E-state index >= 15 is 0 Å². The summed E-state index contributed by atoms with van der Waals surface area (Å²) in [6.45, 7) is 0.781. The zero-order valence-electron chi connectivity index (χ0n) is 15.0. The van der Waals surface area contributed by atoms with Crippen molar-refractivity contribution >= 4 is 11.9 Å². The summed E-state index contributed by atoms with van der Waals surface area (Å²) >= 11 is 0. The summed E-state index contributed by atoms with van der Waals surface area (Å²) < 4.78 is 11.2. The monoisotopic (exact) mass is 371 g/mol. The molecular weight excluding hydrogens is 354 g/mol. The molecule has 0 spiro atoms. The lowest BCUT2D eigenvalue weighted by Gasteiger charge is -2.36. The predicted molar refractivity (Wildman–Crippen MR) is 100 cm³/mol. The van der Waals surface area contributed by atoms with E-state index in [1.54, 1.807) is 17.0 Å². The van der Waals surface area contributed by atoms with Crippen LogP contribution in [0.25, 0.3) is 5.76 Å². The minimum Gasteiger partial charge on any atom is -0.469 e. The van der Waals surface area contributed by atoms with Crippen LogP contribution in [0.2, 0.25) is 0 Å². The smallest absolute Gasteiger partial charge is 0.412 e. The van der Waals surface area contributed by atoms with E-state index < -0.39 is 12.3 Å². The van der Waals surface area contributed by atoms with Gasteiger partial charge >= 0.3 is 6.09 Å². The molecule has 0 aliphatic carbocycles. The molecule has 1 amide bonds. The molecule has 0 unspecified atom stereocenters. The average molecular weight is 371 g/mol. The molecule has 1 saturated heterocycles. The van der Waals surface area contributed by atoms with Crippen LogP contribution in [0.5, 0.6) is 0 Å². The standard InChI is InChI=1S/C22H17N3O3/c23-13-15-6-8-16(9-7-15)18-12-20(25-10-11-27-22(25)26)28-21(19(18)14-24)17-4-2-1-3-5-17/h1-9,18,20H,10-12H2/t18-,20+/m1/s1. The molecule has 6 heteroatoms. The molecule has 4 rings (SSSR count). The first-order valence-electron chi connectivity index (χ1n) is 9.01. The number of hydrogen-bond donors (Lipinski definition) is 0. The molecule has 2 heterocycles. The molecule has 6 nitrogen and oxygen atoms in total. The number of hydrogen-bond acceptors (Lipinski definition) is 5. The van der Waals surface area contributed by atoms with Crippen LogP contribution in [0.3, 0.4) is 0 Å². The molecule has 138 valence electrons. The molecule has 0 bridgehead atoms. The van der Waals surface area contributed by atoms with Crippen molar-refractivity contribution in [3.05, 3.63) is 76.9 Å². The Morgan fingerprint density at radius 3 is 2.36 bits per heavy atom. The third-order valence-corrected chi connectivity index (χ3v) is 5.02. The minimum absolute atomic E-state index is 0.250. The number of ether oxygens (including phenoxy) is 2. The lowest BCUT2D eigenvalue weighted by molar-refractivity contribution is 0.0187. The highest BCUT2D eigenvalue weighted by molar-refractivity contribution is 5.72. The van der Waals surface area contributed by atoms with Crippen molar-refractivity contribution in [3.8, 4) is 12.1 Å². The van der Waals surface area contributed by atoms with Gasteiger partial charge in [-0.2, -0.15) is 10.5 Å². The first-order valence-corrected chi connectivity index (χ1v) is 9.01. The van der Waals surface area contributed by atoms with Gasteiger partial charge in [-0.3, -0.25) is 4.90 Å². The fourth-order valence-electron chi connectivity index (χ4n) is 3.62. The Labute approximate surface area is 162 Å². The molecule has 0 saturated carbocycles. The van der Waals surface area contributed by atoms with Crippen LogP contribution in [0, 0.1) is 22.7 Å². The maximum absolute atomic E-state index is 12.1. The van der Waals surface area contributed by atoms with Crippen molar-refractivity contribution in [2.45, 2.75) is 18.6 Å². The zero-order chi connectivity index (χ0) is 19.5. The fraction of sp³-hybridized carbons (Fsp3) is 0.227. The molecule has 28 heavy (non-hydrogen) atoms. The van der Waals surface area contributed by atoms with Gasteiger partial charge in [0.1, 0.15) is 12.4 Å². The highest BCUT2D eigenvalue weighted by Crippen LogP contribution is 2.41. The molecule has 0 N–H and O–H groups in total. The van der Waals surface area contributed by atoms with Crippen LogP contribution >= 0.6 is 0 Å². The van der Waals surface area contributed by atoms with E-state index in [4.69, 9.17) is 14.7 Å². The molecule has 2 aliphatic heterocycles. The molecule has 1 fully saturated rings. The average Bonchev–Trinajstić information content (AvgIpc) is 3.19. The Bertz CT molecular complexity index is 1000. The number of carbonyl (C=O) groups excluding carboxylic acids is 1. The number of allylic oxidation sites excluding steroid dienone is 1. The van der Waals surface area contributed by atoms with Gasteiger partial charge in [-0.15, -0.1) is 0 Å². The summed E-state index contributed by atoms with van der Waals surface area (Å²) in [5.41, 5.74) is 2.76. The Balaban J connectivity index is 1.80. The molecule has 2 aliphatic rings. The summed E-state index contributed by atoms with van der Waals surface area (Å²) in [4.78, 5) is 13.7. The molecule has 2 atom stereocenters. The van der Waals surface area contributed by atoms with E-state index in [-0.39, 0.29) is 5.92 Å². The second-order valence-corrected chi connectivity index (χ2v) is 6.62. The van der Waals surface area contributed by atoms with Crippen molar-refractivity contribution in [3.63, 3.8) is 0 Å². The van der Waals surface area contributed by atoms with Crippen molar-refractivity contribution in [1.29, 1.82) is 10.5 Å². The highest BCUT2D eigenvalue weighted by Gasteiger charge is 2.39. The third-order valence-electron chi connectivity index (χ3n) is 5.02. The van der Waals surface area contributed by atoms with E-state index in [9.17, 15) is 10.1 Å². The molecule has 2 aromatic rings. The molecule has 0 radical (unpaired) electrons. The van der Waals surface area contributed by atoms with Crippen LogP contribution in [-0.4, -0.2) is 30.4 Å². The van der Waals surface area contributed by atoms with E-state index in [1.165, 1.54) is 0 Å². The van der Waals surface area contributed by atoms with Crippen LogP contribution in [0.4, 0.5) is 4.79 Å². The Morgan fingerprint density at radius 1 is 1.00 bits per heavy atom. The molecule has 0 aromatic heterocycles. The number of nitriles is 2. The van der Waals surface area contributed by atoms with Crippen molar-refractivity contribution in [1.82, 2.24) is 4.90 Å². The number of benzene rings is 2. The fourth-order valence-corrected chi connectivity index (χ4v) is 3.62. The SMILES string of the molecule is N#CC1=C(c2ccccc2)O[C@H](N2CCOC2=O)C[C@@H]1c1ccc(C#N)cc1. The quantitative estimate of drug-likeness (QED) is 0.820. The highest BCUT2D eigenvalue weighted by atomic mass is 16.6. The summed E-state index contributed by atoms with van der Waals surface area (Å²) in [7, 11) is 0. The second kappa shape index (κ2) is 7.46. The maximum atomic E-state index is 12.1. The lowest BCUT2D eigenvalue weighted by atomic mass is 9.84. The Morgan fingerprint density at radius 2 is 1.75 bits per heavy atom. The van der Waals surface area contributed by atoms with Gasteiger partial charge in [-0.1, -0.05) is 42.5 Å².